The lowest BCUT2D eigenvalue weighted by Crippen LogP contribution is -2.46. The number of nitrogens with two attached hydrogens (primary N) is 1. The second-order valence-corrected chi connectivity index (χ2v) is 5.46. The monoisotopic (exact) mass is 268 g/mol. The molecular weight excluding hydrogens is 248 g/mol. The molecule has 0 heterocycles. The number of hydrogen-bond donors (Lipinski definition) is 2. The summed E-state index contributed by atoms with van der Waals surface area (Å²) in [6.45, 7) is 0.619. The molecule has 0 unspecified atom stereocenters. The molecule has 3 N–H and O–H groups in total. The van der Waals surface area contributed by atoms with Gasteiger partial charge in [0.1, 0.15) is 5.75 Å². The minimum atomic E-state index is -0.0712. The lowest BCUT2D eigenvalue weighted by molar-refractivity contribution is 0.414. The summed E-state index contributed by atoms with van der Waals surface area (Å²) in [5, 5.41) is 3.62. The number of nitrogens with one attached hydrogen (secondary N) is 1. The van der Waals surface area contributed by atoms with E-state index in [-0.39, 0.29) is 5.54 Å². The summed E-state index contributed by atoms with van der Waals surface area (Å²) in [6, 6.07) is 16.6. The van der Waals surface area contributed by atoms with Crippen molar-refractivity contribution in [1.82, 2.24) is 0 Å². The molecule has 20 heavy (non-hydrogen) atoms. The van der Waals surface area contributed by atoms with Gasteiger partial charge in [0.2, 0.25) is 0 Å². The van der Waals surface area contributed by atoms with E-state index in [0.717, 1.165) is 24.3 Å². The summed E-state index contributed by atoms with van der Waals surface area (Å²) in [5.41, 5.74) is 9.88. The first-order chi connectivity index (χ1) is 9.74. The quantitative estimate of drug-likeness (QED) is 0.896. The van der Waals surface area contributed by atoms with Crippen LogP contribution in [0.4, 0.5) is 5.69 Å². The highest BCUT2D eigenvalue weighted by Gasteiger charge is 2.35. The van der Waals surface area contributed by atoms with E-state index in [9.17, 15) is 0 Å². The molecule has 0 fully saturated rings. The summed E-state index contributed by atoms with van der Waals surface area (Å²) >= 11 is 0. The smallest absolute Gasteiger partial charge is 0.119 e. The van der Waals surface area contributed by atoms with Crippen LogP contribution in [-0.4, -0.2) is 19.2 Å². The van der Waals surface area contributed by atoms with Crippen molar-refractivity contribution in [2.45, 2.75) is 18.4 Å². The molecule has 0 radical (unpaired) electrons. The van der Waals surface area contributed by atoms with Crippen LogP contribution in [0.25, 0.3) is 0 Å². The third kappa shape index (κ3) is 2.37. The van der Waals surface area contributed by atoms with Gasteiger partial charge in [-0.3, -0.25) is 0 Å². The van der Waals surface area contributed by atoms with Crippen molar-refractivity contribution < 1.29 is 4.74 Å². The molecule has 0 amide bonds. The Hall–Kier alpha value is -2.00. The lowest BCUT2D eigenvalue weighted by atomic mass is 9.95. The Balaban J connectivity index is 1.81. The van der Waals surface area contributed by atoms with E-state index in [0.29, 0.717) is 6.54 Å². The molecule has 3 heteroatoms. The summed E-state index contributed by atoms with van der Waals surface area (Å²) in [5.74, 6) is 0.868. The van der Waals surface area contributed by atoms with Crippen molar-refractivity contribution in [1.29, 1.82) is 0 Å². The standard InChI is InChI=1S/C17H20N2O/c1-20-16-8-6-15(7-9-16)19-17(12-18)10-13-4-2-3-5-14(13)11-17/h2-9,19H,10-12,18H2,1H3. The average Bonchev–Trinajstić information content (AvgIpc) is 2.86. The van der Waals surface area contributed by atoms with Gasteiger partial charge in [-0.25, -0.2) is 0 Å². The van der Waals surface area contributed by atoms with Gasteiger partial charge in [0.15, 0.2) is 0 Å². The normalized spacial score (nSPS) is 15.7. The molecule has 1 aliphatic carbocycles. The lowest BCUT2D eigenvalue weighted by Gasteiger charge is -2.30. The Morgan fingerprint density at radius 1 is 1.05 bits per heavy atom. The summed E-state index contributed by atoms with van der Waals surface area (Å²) in [6.07, 6.45) is 1.96. The van der Waals surface area contributed by atoms with Crippen LogP contribution in [-0.2, 0) is 12.8 Å². The molecule has 1 aliphatic rings. The number of ether oxygens (including phenoxy) is 1. The first kappa shape index (κ1) is 13.0. The van der Waals surface area contributed by atoms with Crippen molar-refractivity contribution in [3.63, 3.8) is 0 Å². The number of anilines is 1. The van der Waals surface area contributed by atoms with Gasteiger partial charge in [-0.05, 0) is 48.2 Å². The van der Waals surface area contributed by atoms with Crippen LogP contribution in [0.1, 0.15) is 11.1 Å². The highest BCUT2D eigenvalue weighted by atomic mass is 16.5. The SMILES string of the molecule is COc1ccc(NC2(CN)Cc3ccccc3C2)cc1. The molecule has 2 aromatic carbocycles. The van der Waals surface area contributed by atoms with Gasteiger partial charge < -0.3 is 15.8 Å². The Kier molecular flexibility index (Phi) is 3.36. The predicted octanol–water partition coefficient (Wildman–Crippen LogP) is 2.60. The van der Waals surface area contributed by atoms with Gasteiger partial charge in [-0.1, -0.05) is 24.3 Å². The maximum atomic E-state index is 6.06. The minimum Gasteiger partial charge on any atom is -0.497 e. The molecule has 104 valence electrons. The van der Waals surface area contributed by atoms with Crippen LogP contribution in [0.15, 0.2) is 48.5 Å². The molecular formula is C17H20N2O. The number of hydrogen-bond acceptors (Lipinski definition) is 3. The van der Waals surface area contributed by atoms with Gasteiger partial charge in [0.05, 0.1) is 12.6 Å². The van der Waals surface area contributed by atoms with E-state index in [1.807, 2.05) is 24.3 Å². The van der Waals surface area contributed by atoms with E-state index in [4.69, 9.17) is 10.5 Å². The maximum Gasteiger partial charge on any atom is 0.119 e. The highest BCUT2D eigenvalue weighted by molar-refractivity contribution is 5.51. The molecule has 0 aromatic heterocycles. The molecule has 0 bridgehead atoms. The molecule has 3 rings (SSSR count). The second-order valence-electron chi connectivity index (χ2n) is 5.46. The zero-order chi connectivity index (χ0) is 14.0. The Morgan fingerprint density at radius 2 is 1.65 bits per heavy atom. The number of fused-ring (bicyclic) bond motifs is 1. The van der Waals surface area contributed by atoms with E-state index in [2.05, 4.69) is 29.6 Å². The second kappa shape index (κ2) is 5.17. The minimum absolute atomic E-state index is 0.0712. The predicted molar refractivity (Wildman–Crippen MR) is 82.3 cm³/mol. The van der Waals surface area contributed by atoms with E-state index >= 15 is 0 Å². The number of rotatable bonds is 4. The fourth-order valence-electron chi connectivity index (χ4n) is 2.96. The van der Waals surface area contributed by atoms with Crippen molar-refractivity contribution >= 4 is 5.69 Å². The topological polar surface area (TPSA) is 47.3 Å². The molecule has 0 spiro atoms. The van der Waals surface area contributed by atoms with Crippen LogP contribution < -0.4 is 15.8 Å². The van der Waals surface area contributed by atoms with E-state index in [1.165, 1.54) is 11.1 Å². The Bertz CT molecular complexity index is 567. The van der Waals surface area contributed by atoms with Crippen LogP contribution in [0.3, 0.4) is 0 Å². The third-order valence-corrected chi connectivity index (χ3v) is 4.07. The van der Waals surface area contributed by atoms with Crippen molar-refractivity contribution in [3.8, 4) is 5.75 Å². The van der Waals surface area contributed by atoms with Crippen molar-refractivity contribution in [2.24, 2.45) is 5.73 Å². The summed E-state index contributed by atoms with van der Waals surface area (Å²) in [7, 11) is 1.68. The third-order valence-electron chi connectivity index (χ3n) is 4.07. The molecule has 0 saturated carbocycles. The largest absolute Gasteiger partial charge is 0.497 e. The Labute approximate surface area is 119 Å². The zero-order valence-electron chi connectivity index (χ0n) is 11.7. The maximum absolute atomic E-state index is 6.06. The number of benzene rings is 2. The average molecular weight is 268 g/mol. The first-order valence-electron chi connectivity index (χ1n) is 6.94. The highest BCUT2D eigenvalue weighted by Crippen LogP contribution is 2.32. The van der Waals surface area contributed by atoms with Crippen molar-refractivity contribution in [3.05, 3.63) is 59.7 Å². The molecule has 0 aliphatic heterocycles. The van der Waals surface area contributed by atoms with Gasteiger partial charge in [-0.2, -0.15) is 0 Å². The van der Waals surface area contributed by atoms with Gasteiger partial charge in [0, 0.05) is 12.2 Å². The molecule has 0 saturated heterocycles. The fraction of sp³-hybridized carbons (Fsp3) is 0.294. The summed E-state index contributed by atoms with van der Waals surface area (Å²) in [4.78, 5) is 0. The van der Waals surface area contributed by atoms with Gasteiger partial charge >= 0.3 is 0 Å². The fourth-order valence-corrected chi connectivity index (χ4v) is 2.96. The van der Waals surface area contributed by atoms with Crippen LogP contribution >= 0.6 is 0 Å². The van der Waals surface area contributed by atoms with Crippen LogP contribution in [0, 0.1) is 0 Å². The van der Waals surface area contributed by atoms with Crippen LogP contribution in [0.2, 0.25) is 0 Å². The number of methoxy groups -OCH3 is 1. The van der Waals surface area contributed by atoms with Crippen molar-refractivity contribution in [2.75, 3.05) is 19.0 Å². The van der Waals surface area contributed by atoms with Crippen LogP contribution in [0.5, 0.6) is 5.75 Å². The Morgan fingerprint density at radius 3 is 2.15 bits per heavy atom. The van der Waals surface area contributed by atoms with Gasteiger partial charge in [-0.15, -0.1) is 0 Å². The molecule has 2 aromatic rings. The molecule has 0 atom stereocenters. The van der Waals surface area contributed by atoms with E-state index < -0.39 is 0 Å². The molecule has 3 nitrogen and oxygen atoms in total. The summed E-state index contributed by atoms with van der Waals surface area (Å²) < 4.78 is 5.19. The van der Waals surface area contributed by atoms with Gasteiger partial charge in [0.25, 0.3) is 0 Å². The first-order valence-corrected chi connectivity index (χ1v) is 6.94. The van der Waals surface area contributed by atoms with E-state index in [1.54, 1.807) is 7.11 Å². The zero-order valence-corrected chi connectivity index (χ0v) is 11.7.